The van der Waals surface area contributed by atoms with E-state index in [1.807, 2.05) is 36.3 Å². The van der Waals surface area contributed by atoms with Crippen LogP contribution in [0.3, 0.4) is 0 Å². The van der Waals surface area contributed by atoms with Crippen LogP contribution >= 0.6 is 23.4 Å². The minimum atomic E-state index is 0.645. The molecular formula is C13H13ClN2S. The summed E-state index contributed by atoms with van der Waals surface area (Å²) in [5.74, 6) is 0. The minimum absolute atomic E-state index is 0.645. The summed E-state index contributed by atoms with van der Waals surface area (Å²) in [7, 11) is 0. The van der Waals surface area contributed by atoms with Gasteiger partial charge in [-0.15, -0.1) is 11.8 Å². The molecule has 0 spiro atoms. The van der Waals surface area contributed by atoms with Crippen LogP contribution in [0.4, 0.5) is 0 Å². The average Bonchev–Trinajstić information content (AvgIpc) is 2.83. The monoisotopic (exact) mass is 264 g/mol. The second-order valence-electron chi connectivity index (χ2n) is 4.24. The summed E-state index contributed by atoms with van der Waals surface area (Å²) in [6.07, 6.45) is 4.89. The van der Waals surface area contributed by atoms with Gasteiger partial charge < -0.3 is 5.32 Å². The van der Waals surface area contributed by atoms with E-state index in [-0.39, 0.29) is 0 Å². The largest absolute Gasteiger partial charge is 0.316 e. The standard InChI is InChI=1S/C13H13ClN2S/c14-12-5-10-7-15-3-1-9(10)6-13(12)17-11-2-4-16-8-11/h1,3,5-7,11,16H,2,4,8H2/t11-/m0/s1. The van der Waals surface area contributed by atoms with E-state index >= 15 is 0 Å². The first-order valence-corrected chi connectivity index (χ1v) is 6.99. The molecule has 2 heterocycles. The number of aromatic nitrogens is 1. The Balaban J connectivity index is 1.95. The third kappa shape index (κ3) is 2.41. The van der Waals surface area contributed by atoms with Gasteiger partial charge in [-0.25, -0.2) is 0 Å². The number of halogens is 1. The molecule has 1 aliphatic rings. The van der Waals surface area contributed by atoms with Crippen molar-refractivity contribution in [1.82, 2.24) is 10.3 Å². The van der Waals surface area contributed by atoms with Crippen molar-refractivity contribution in [3.05, 3.63) is 35.6 Å². The van der Waals surface area contributed by atoms with E-state index in [0.717, 1.165) is 23.5 Å². The number of rotatable bonds is 2. The number of fused-ring (bicyclic) bond motifs is 1. The zero-order valence-corrected chi connectivity index (χ0v) is 10.9. The Morgan fingerprint density at radius 1 is 1.35 bits per heavy atom. The topological polar surface area (TPSA) is 24.9 Å². The van der Waals surface area contributed by atoms with Crippen molar-refractivity contribution >= 4 is 34.1 Å². The smallest absolute Gasteiger partial charge is 0.0548 e. The van der Waals surface area contributed by atoms with Crippen LogP contribution in [0.25, 0.3) is 10.8 Å². The van der Waals surface area contributed by atoms with Crippen LogP contribution in [-0.4, -0.2) is 23.3 Å². The Hall–Kier alpha value is -0.770. The molecule has 2 nitrogen and oxygen atoms in total. The summed E-state index contributed by atoms with van der Waals surface area (Å²) < 4.78 is 0. The Morgan fingerprint density at radius 3 is 3.12 bits per heavy atom. The molecule has 0 bridgehead atoms. The van der Waals surface area contributed by atoms with Crippen LogP contribution in [0, 0.1) is 0 Å². The molecule has 88 valence electrons. The lowest BCUT2D eigenvalue weighted by Gasteiger charge is -2.10. The van der Waals surface area contributed by atoms with E-state index in [0.29, 0.717) is 5.25 Å². The van der Waals surface area contributed by atoms with Gasteiger partial charge in [0.05, 0.1) is 5.02 Å². The number of hydrogen-bond acceptors (Lipinski definition) is 3. The van der Waals surface area contributed by atoms with E-state index in [9.17, 15) is 0 Å². The van der Waals surface area contributed by atoms with Gasteiger partial charge in [-0.1, -0.05) is 11.6 Å². The van der Waals surface area contributed by atoms with E-state index in [1.165, 1.54) is 16.7 Å². The molecule has 1 atom stereocenters. The fourth-order valence-electron chi connectivity index (χ4n) is 2.09. The van der Waals surface area contributed by atoms with Crippen molar-refractivity contribution in [3.8, 4) is 0 Å². The summed E-state index contributed by atoms with van der Waals surface area (Å²) in [6, 6.07) is 6.21. The van der Waals surface area contributed by atoms with Crippen molar-refractivity contribution in [2.24, 2.45) is 0 Å². The number of benzene rings is 1. The lowest BCUT2D eigenvalue weighted by Crippen LogP contribution is -2.09. The highest BCUT2D eigenvalue weighted by atomic mass is 35.5. The van der Waals surface area contributed by atoms with Crippen LogP contribution in [0.15, 0.2) is 35.5 Å². The quantitative estimate of drug-likeness (QED) is 0.901. The van der Waals surface area contributed by atoms with Crippen LogP contribution < -0.4 is 5.32 Å². The predicted molar refractivity (Wildman–Crippen MR) is 73.9 cm³/mol. The van der Waals surface area contributed by atoms with E-state index in [2.05, 4.69) is 16.4 Å². The Labute approximate surface area is 110 Å². The van der Waals surface area contributed by atoms with Crippen LogP contribution in [0.2, 0.25) is 5.02 Å². The van der Waals surface area contributed by atoms with Crippen LogP contribution in [0.1, 0.15) is 6.42 Å². The van der Waals surface area contributed by atoms with Gasteiger partial charge in [0.15, 0.2) is 0 Å². The zero-order valence-electron chi connectivity index (χ0n) is 9.32. The summed E-state index contributed by atoms with van der Waals surface area (Å²) in [4.78, 5) is 5.29. The van der Waals surface area contributed by atoms with Gasteiger partial charge in [0.1, 0.15) is 0 Å². The predicted octanol–water partition coefficient (Wildman–Crippen LogP) is 3.34. The lowest BCUT2D eigenvalue weighted by molar-refractivity contribution is 0.858. The molecule has 0 amide bonds. The van der Waals surface area contributed by atoms with Gasteiger partial charge in [-0.3, -0.25) is 4.98 Å². The lowest BCUT2D eigenvalue weighted by atomic mass is 10.2. The SMILES string of the molecule is Clc1cc2cnccc2cc1S[C@H]1CCNC1. The molecule has 1 aromatic heterocycles. The second kappa shape index (κ2) is 4.84. The van der Waals surface area contributed by atoms with Crippen molar-refractivity contribution in [3.63, 3.8) is 0 Å². The summed E-state index contributed by atoms with van der Waals surface area (Å²) >= 11 is 8.19. The number of nitrogens with one attached hydrogen (secondary N) is 1. The molecule has 1 fully saturated rings. The van der Waals surface area contributed by atoms with E-state index < -0.39 is 0 Å². The molecule has 3 rings (SSSR count). The summed E-state index contributed by atoms with van der Waals surface area (Å²) in [5, 5.41) is 7.17. The fourth-order valence-corrected chi connectivity index (χ4v) is 3.55. The normalized spacial score (nSPS) is 19.9. The zero-order chi connectivity index (χ0) is 11.7. The first kappa shape index (κ1) is 11.3. The molecule has 1 N–H and O–H groups in total. The molecule has 1 aliphatic heterocycles. The van der Waals surface area contributed by atoms with E-state index in [1.54, 1.807) is 0 Å². The van der Waals surface area contributed by atoms with Crippen LogP contribution in [-0.2, 0) is 0 Å². The van der Waals surface area contributed by atoms with Crippen molar-refractivity contribution in [1.29, 1.82) is 0 Å². The maximum absolute atomic E-state index is 6.31. The molecule has 0 radical (unpaired) electrons. The van der Waals surface area contributed by atoms with Crippen molar-refractivity contribution in [2.45, 2.75) is 16.6 Å². The molecule has 4 heteroatoms. The van der Waals surface area contributed by atoms with Gasteiger partial charge in [-0.2, -0.15) is 0 Å². The summed E-state index contributed by atoms with van der Waals surface area (Å²) in [6.45, 7) is 2.20. The highest BCUT2D eigenvalue weighted by Crippen LogP contribution is 2.35. The third-order valence-electron chi connectivity index (χ3n) is 3.00. The number of nitrogens with zero attached hydrogens (tertiary/aromatic N) is 1. The fraction of sp³-hybridized carbons (Fsp3) is 0.308. The Morgan fingerprint density at radius 2 is 2.29 bits per heavy atom. The molecular weight excluding hydrogens is 252 g/mol. The molecule has 1 aromatic carbocycles. The highest BCUT2D eigenvalue weighted by Gasteiger charge is 2.17. The van der Waals surface area contributed by atoms with Crippen molar-refractivity contribution in [2.75, 3.05) is 13.1 Å². The third-order valence-corrected chi connectivity index (χ3v) is 4.75. The molecule has 0 aliphatic carbocycles. The van der Waals surface area contributed by atoms with Crippen molar-refractivity contribution < 1.29 is 0 Å². The van der Waals surface area contributed by atoms with Gasteiger partial charge in [0.2, 0.25) is 0 Å². The Bertz CT molecular complexity index is 538. The first-order chi connectivity index (χ1) is 8.33. The maximum Gasteiger partial charge on any atom is 0.0548 e. The maximum atomic E-state index is 6.31. The van der Waals surface area contributed by atoms with Gasteiger partial charge in [0, 0.05) is 34.5 Å². The number of hydrogen-bond donors (Lipinski definition) is 1. The molecule has 0 unspecified atom stereocenters. The molecule has 17 heavy (non-hydrogen) atoms. The van der Waals surface area contributed by atoms with Gasteiger partial charge >= 0.3 is 0 Å². The van der Waals surface area contributed by atoms with Gasteiger partial charge in [0.25, 0.3) is 0 Å². The average molecular weight is 265 g/mol. The van der Waals surface area contributed by atoms with Crippen LogP contribution in [0.5, 0.6) is 0 Å². The highest BCUT2D eigenvalue weighted by molar-refractivity contribution is 8.00. The molecule has 2 aromatic rings. The minimum Gasteiger partial charge on any atom is -0.316 e. The molecule has 0 saturated carbocycles. The van der Waals surface area contributed by atoms with Gasteiger partial charge in [-0.05, 0) is 36.6 Å². The Kier molecular flexibility index (Phi) is 3.23. The number of thioether (sulfide) groups is 1. The van der Waals surface area contributed by atoms with E-state index in [4.69, 9.17) is 11.6 Å². The summed E-state index contributed by atoms with van der Waals surface area (Å²) in [5.41, 5.74) is 0. The molecule has 1 saturated heterocycles. The first-order valence-electron chi connectivity index (χ1n) is 5.73. The second-order valence-corrected chi connectivity index (χ2v) is 5.99. The number of pyridine rings is 1.